The molecule has 1 amide bonds. The average Bonchev–Trinajstić information content (AvgIpc) is 2.70. The summed E-state index contributed by atoms with van der Waals surface area (Å²) in [6.07, 6.45) is 2.30. The van der Waals surface area contributed by atoms with Crippen molar-refractivity contribution in [3.63, 3.8) is 0 Å². The maximum atomic E-state index is 12.1. The average molecular weight is 343 g/mol. The molecule has 9 heteroatoms. The van der Waals surface area contributed by atoms with Gasteiger partial charge in [0, 0.05) is 23.2 Å². The minimum absolute atomic E-state index is 0. The predicted octanol–water partition coefficient (Wildman–Crippen LogP) is -3.61. The van der Waals surface area contributed by atoms with Gasteiger partial charge in [-0.05, 0) is 13.0 Å². The van der Waals surface area contributed by atoms with Gasteiger partial charge in [-0.2, -0.15) is 0 Å². The molecule has 1 saturated heterocycles. The minimum atomic E-state index is -1.40. The number of aliphatic hydroxyl groups excluding tert-OH is 1. The van der Waals surface area contributed by atoms with Crippen molar-refractivity contribution in [2.24, 2.45) is 11.8 Å². The zero-order chi connectivity index (χ0) is 16.0. The number of amides is 1. The van der Waals surface area contributed by atoms with Crippen LogP contribution in [0.3, 0.4) is 0 Å². The first-order chi connectivity index (χ1) is 10.4. The van der Waals surface area contributed by atoms with Gasteiger partial charge in [0.15, 0.2) is 5.16 Å². The smallest absolute Gasteiger partial charge is 0.543 e. The van der Waals surface area contributed by atoms with Crippen molar-refractivity contribution < 1.29 is 49.4 Å². The SMILES string of the molecule is C[C@@H]1C(Sc2ncccn2)=C(C(=O)[O-])N2C(=O)[C@H]([C@@H](C)O)[C@@H]12.[Na+]. The molecule has 1 aromatic rings. The van der Waals surface area contributed by atoms with Crippen molar-refractivity contribution in [3.8, 4) is 0 Å². The molecule has 0 aliphatic carbocycles. The number of hydrogen-bond acceptors (Lipinski definition) is 7. The number of fused-ring (bicyclic) bond motifs is 1. The van der Waals surface area contributed by atoms with Gasteiger partial charge in [-0.15, -0.1) is 0 Å². The van der Waals surface area contributed by atoms with Crippen LogP contribution in [0.1, 0.15) is 13.8 Å². The number of thioether (sulfide) groups is 1. The summed E-state index contributed by atoms with van der Waals surface area (Å²) in [5, 5.41) is 21.6. The Morgan fingerprint density at radius 1 is 1.43 bits per heavy atom. The second-order valence-electron chi connectivity index (χ2n) is 5.39. The molecule has 0 aromatic carbocycles. The van der Waals surface area contributed by atoms with E-state index in [0.717, 1.165) is 11.8 Å². The van der Waals surface area contributed by atoms with Gasteiger partial charge in [0.2, 0.25) is 5.91 Å². The summed E-state index contributed by atoms with van der Waals surface area (Å²) in [6.45, 7) is 3.37. The second kappa shape index (κ2) is 6.90. The summed E-state index contributed by atoms with van der Waals surface area (Å²) in [7, 11) is 0. The molecule has 0 radical (unpaired) electrons. The van der Waals surface area contributed by atoms with E-state index in [1.54, 1.807) is 18.5 Å². The van der Waals surface area contributed by atoms with Gasteiger partial charge in [-0.3, -0.25) is 4.79 Å². The van der Waals surface area contributed by atoms with E-state index >= 15 is 0 Å². The molecular formula is C14H14N3NaO4S. The molecular weight excluding hydrogens is 329 g/mol. The fourth-order valence-corrected chi connectivity index (χ4v) is 4.11. The number of β-lactam (4-membered cyclic amide) rings is 1. The van der Waals surface area contributed by atoms with Crippen LogP contribution in [0.15, 0.2) is 34.2 Å². The number of carboxylic acids is 1. The number of carbonyl (C=O) groups excluding carboxylic acids is 2. The second-order valence-corrected chi connectivity index (χ2v) is 6.40. The van der Waals surface area contributed by atoms with Gasteiger partial charge in [-0.1, -0.05) is 18.7 Å². The van der Waals surface area contributed by atoms with Crippen molar-refractivity contribution >= 4 is 23.6 Å². The zero-order valence-corrected chi connectivity index (χ0v) is 15.8. The van der Waals surface area contributed by atoms with Crippen LogP contribution in [-0.2, 0) is 9.59 Å². The van der Waals surface area contributed by atoms with Crippen molar-refractivity contribution in [3.05, 3.63) is 29.1 Å². The Bertz CT molecular complexity index is 667. The quantitative estimate of drug-likeness (QED) is 0.342. The van der Waals surface area contributed by atoms with E-state index in [1.807, 2.05) is 6.92 Å². The van der Waals surface area contributed by atoms with Crippen LogP contribution in [0.2, 0.25) is 0 Å². The summed E-state index contributed by atoms with van der Waals surface area (Å²) in [6, 6.07) is 1.31. The molecule has 2 aliphatic heterocycles. The molecule has 0 bridgehead atoms. The fourth-order valence-electron chi connectivity index (χ4n) is 3.08. The van der Waals surface area contributed by atoms with Crippen LogP contribution >= 0.6 is 11.8 Å². The molecule has 0 unspecified atom stereocenters. The van der Waals surface area contributed by atoms with Gasteiger partial charge < -0.3 is 19.9 Å². The molecule has 3 rings (SSSR count). The summed E-state index contributed by atoms with van der Waals surface area (Å²) in [4.78, 5) is 33.5. The Morgan fingerprint density at radius 3 is 2.57 bits per heavy atom. The first-order valence-corrected chi connectivity index (χ1v) is 7.66. The maximum Gasteiger partial charge on any atom is 1.00 e. The third-order valence-electron chi connectivity index (χ3n) is 4.05. The number of hydrogen-bond donors (Lipinski definition) is 1. The number of aliphatic hydroxyl groups is 1. The normalized spacial score (nSPS) is 27.2. The number of aliphatic carboxylic acids is 1. The number of carbonyl (C=O) groups is 2. The number of rotatable bonds is 4. The Kier molecular flexibility index (Phi) is 5.52. The molecule has 7 nitrogen and oxygen atoms in total. The van der Waals surface area contributed by atoms with Crippen LogP contribution in [0.5, 0.6) is 0 Å². The van der Waals surface area contributed by atoms with E-state index in [-0.39, 0.29) is 53.1 Å². The van der Waals surface area contributed by atoms with Gasteiger partial charge in [0.25, 0.3) is 0 Å². The van der Waals surface area contributed by atoms with Crippen molar-refractivity contribution in [2.45, 2.75) is 31.1 Å². The molecule has 1 aromatic heterocycles. The number of aromatic nitrogens is 2. The molecule has 2 aliphatic rings. The molecule has 0 spiro atoms. The molecule has 23 heavy (non-hydrogen) atoms. The Labute approximate surface area is 159 Å². The molecule has 4 atom stereocenters. The van der Waals surface area contributed by atoms with Gasteiger partial charge >= 0.3 is 29.6 Å². The fraction of sp³-hybridized carbons (Fsp3) is 0.429. The molecule has 0 saturated carbocycles. The van der Waals surface area contributed by atoms with Crippen molar-refractivity contribution in [1.29, 1.82) is 0 Å². The van der Waals surface area contributed by atoms with E-state index in [0.29, 0.717) is 10.1 Å². The third-order valence-corrected chi connectivity index (χ3v) is 5.22. The minimum Gasteiger partial charge on any atom is -0.543 e. The van der Waals surface area contributed by atoms with Crippen LogP contribution in [-0.4, -0.2) is 44.0 Å². The summed E-state index contributed by atoms with van der Waals surface area (Å²) >= 11 is 1.12. The van der Waals surface area contributed by atoms with Crippen LogP contribution in [0, 0.1) is 11.8 Å². The van der Waals surface area contributed by atoms with E-state index in [2.05, 4.69) is 9.97 Å². The number of nitrogens with zero attached hydrogens (tertiary/aromatic N) is 3. The van der Waals surface area contributed by atoms with Gasteiger partial charge in [-0.25, -0.2) is 9.97 Å². The standard InChI is InChI=1S/C14H15N3O4S.Na/c1-6-9-8(7(2)18)12(19)17(9)10(13(20)21)11(6)22-14-15-4-3-5-16-14;/h3-9,18H,1-2H3,(H,20,21);/q;+1/p-1/t6-,7+,8+,9+;/m0./s1. The topological polar surface area (TPSA) is 106 Å². The van der Waals surface area contributed by atoms with Crippen LogP contribution in [0.4, 0.5) is 0 Å². The van der Waals surface area contributed by atoms with E-state index < -0.39 is 18.0 Å². The van der Waals surface area contributed by atoms with Crippen LogP contribution in [0.25, 0.3) is 0 Å². The monoisotopic (exact) mass is 343 g/mol. The first-order valence-electron chi connectivity index (χ1n) is 6.85. The van der Waals surface area contributed by atoms with Gasteiger partial charge in [0.1, 0.15) is 0 Å². The van der Waals surface area contributed by atoms with Crippen molar-refractivity contribution in [2.75, 3.05) is 0 Å². The summed E-state index contributed by atoms with van der Waals surface area (Å²) < 4.78 is 0. The summed E-state index contributed by atoms with van der Waals surface area (Å²) in [5.41, 5.74) is -0.128. The molecule has 1 N–H and O–H groups in total. The van der Waals surface area contributed by atoms with E-state index in [1.165, 1.54) is 11.8 Å². The Hall–Kier alpha value is -0.930. The third kappa shape index (κ3) is 2.94. The molecule has 3 heterocycles. The zero-order valence-electron chi connectivity index (χ0n) is 13.0. The predicted molar refractivity (Wildman–Crippen MR) is 74.9 cm³/mol. The Balaban J connectivity index is 0.00000192. The molecule has 116 valence electrons. The van der Waals surface area contributed by atoms with Crippen molar-refractivity contribution in [1.82, 2.24) is 14.9 Å². The van der Waals surface area contributed by atoms with E-state index in [4.69, 9.17) is 0 Å². The Morgan fingerprint density at radius 2 is 2.04 bits per heavy atom. The summed E-state index contributed by atoms with van der Waals surface area (Å²) in [5.74, 6) is -2.58. The van der Waals surface area contributed by atoms with E-state index in [9.17, 15) is 19.8 Å². The van der Waals surface area contributed by atoms with Crippen LogP contribution < -0.4 is 34.7 Å². The first kappa shape index (κ1) is 18.4. The maximum absolute atomic E-state index is 12.1. The molecule has 1 fully saturated rings. The largest absolute Gasteiger partial charge is 1.00 e. The number of carboxylic acid groups (broad SMARTS) is 1. The van der Waals surface area contributed by atoms with Gasteiger partial charge in [0.05, 0.1) is 29.7 Å².